The Bertz CT molecular complexity index is 476. The van der Waals surface area contributed by atoms with Crippen molar-refractivity contribution in [1.29, 1.82) is 0 Å². The molecule has 1 aliphatic heterocycles. The number of ether oxygens (including phenoxy) is 1. The summed E-state index contributed by atoms with van der Waals surface area (Å²) < 4.78 is 32.1. The second-order valence-electron chi connectivity index (χ2n) is 4.86. The maximum absolute atomic E-state index is 13.6. The highest BCUT2D eigenvalue weighted by Crippen LogP contribution is 2.18. The molecule has 1 saturated heterocycles. The van der Waals surface area contributed by atoms with Crippen molar-refractivity contribution in [1.82, 2.24) is 10.6 Å². The molecule has 1 fully saturated rings. The number of benzene rings is 1. The van der Waals surface area contributed by atoms with Gasteiger partial charge in [0.25, 0.3) is 0 Å². The van der Waals surface area contributed by atoms with Gasteiger partial charge in [0.1, 0.15) is 11.6 Å². The molecule has 0 radical (unpaired) electrons. The molecule has 4 nitrogen and oxygen atoms in total. The van der Waals surface area contributed by atoms with E-state index in [0.29, 0.717) is 13.2 Å². The van der Waals surface area contributed by atoms with Gasteiger partial charge >= 0.3 is 0 Å². The molecule has 2 unspecified atom stereocenters. The molecule has 0 bridgehead atoms. The predicted molar refractivity (Wildman–Crippen MR) is 70.1 cm³/mol. The third kappa shape index (κ3) is 3.98. The summed E-state index contributed by atoms with van der Waals surface area (Å²) in [5, 5.41) is 5.79. The average molecular weight is 284 g/mol. The van der Waals surface area contributed by atoms with Crippen LogP contribution in [-0.4, -0.2) is 31.7 Å². The van der Waals surface area contributed by atoms with E-state index in [9.17, 15) is 13.6 Å². The zero-order valence-electron chi connectivity index (χ0n) is 11.3. The molecule has 2 rings (SSSR count). The number of hydrogen-bond acceptors (Lipinski definition) is 3. The van der Waals surface area contributed by atoms with Gasteiger partial charge in [0.05, 0.1) is 25.2 Å². The Morgan fingerprint density at radius 2 is 2.35 bits per heavy atom. The van der Waals surface area contributed by atoms with Crippen molar-refractivity contribution >= 4 is 5.91 Å². The van der Waals surface area contributed by atoms with E-state index in [0.717, 1.165) is 24.7 Å². The van der Waals surface area contributed by atoms with Gasteiger partial charge < -0.3 is 15.4 Å². The van der Waals surface area contributed by atoms with Crippen LogP contribution in [0.3, 0.4) is 0 Å². The van der Waals surface area contributed by atoms with Crippen molar-refractivity contribution in [3.8, 4) is 0 Å². The average Bonchev–Trinajstić information content (AvgIpc) is 2.42. The molecule has 2 atom stereocenters. The number of halogens is 2. The van der Waals surface area contributed by atoms with E-state index in [1.165, 1.54) is 0 Å². The lowest BCUT2D eigenvalue weighted by Crippen LogP contribution is -2.41. The number of amides is 1. The van der Waals surface area contributed by atoms with E-state index in [2.05, 4.69) is 10.6 Å². The van der Waals surface area contributed by atoms with Gasteiger partial charge in [-0.15, -0.1) is 0 Å². The number of hydrogen-bond donors (Lipinski definition) is 2. The van der Waals surface area contributed by atoms with Crippen LogP contribution in [0.2, 0.25) is 0 Å². The fourth-order valence-corrected chi connectivity index (χ4v) is 2.18. The summed E-state index contributed by atoms with van der Waals surface area (Å²) in [4.78, 5) is 11.9. The van der Waals surface area contributed by atoms with Gasteiger partial charge in [0.15, 0.2) is 0 Å². The number of rotatable bonds is 4. The Hall–Kier alpha value is -1.53. The Morgan fingerprint density at radius 1 is 1.55 bits per heavy atom. The van der Waals surface area contributed by atoms with Gasteiger partial charge in [0, 0.05) is 18.7 Å². The Kier molecular flexibility index (Phi) is 5.03. The van der Waals surface area contributed by atoms with Crippen LogP contribution >= 0.6 is 0 Å². The van der Waals surface area contributed by atoms with Gasteiger partial charge in [-0.1, -0.05) is 0 Å². The first-order valence-electron chi connectivity index (χ1n) is 6.63. The molecule has 2 N–H and O–H groups in total. The maximum Gasteiger partial charge on any atom is 0.223 e. The van der Waals surface area contributed by atoms with Crippen molar-refractivity contribution in [2.24, 2.45) is 0 Å². The molecular weight excluding hydrogens is 266 g/mol. The zero-order chi connectivity index (χ0) is 14.5. The monoisotopic (exact) mass is 284 g/mol. The fraction of sp³-hybridized carbons (Fsp3) is 0.500. The standard InChI is InChI=1S/C14H18F2N2O2/c1-9(12-6-10(15)2-3-13(12)16)18-14(19)7-11-8-17-4-5-20-11/h2-3,6,9,11,17H,4-5,7-8H2,1H3,(H,18,19). The van der Waals surface area contributed by atoms with E-state index in [1.807, 2.05) is 0 Å². The van der Waals surface area contributed by atoms with E-state index in [1.54, 1.807) is 6.92 Å². The third-order valence-electron chi connectivity index (χ3n) is 3.22. The van der Waals surface area contributed by atoms with Gasteiger partial charge in [-0.2, -0.15) is 0 Å². The quantitative estimate of drug-likeness (QED) is 0.881. The second kappa shape index (κ2) is 6.76. The molecular formula is C14H18F2N2O2. The van der Waals surface area contributed by atoms with Gasteiger partial charge in [-0.3, -0.25) is 4.79 Å². The molecule has 1 aromatic carbocycles. The molecule has 1 heterocycles. The summed E-state index contributed by atoms with van der Waals surface area (Å²) >= 11 is 0. The van der Waals surface area contributed by atoms with Crippen LogP contribution in [0.25, 0.3) is 0 Å². The number of nitrogens with one attached hydrogen (secondary N) is 2. The molecule has 110 valence electrons. The van der Waals surface area contributed by atoms with Crippen LogP contribution in [0.4, 0.5) is 8.78 Å². The van der Waals surface area contributed by atoms with Crippen molar-refractivity contribution in [2.45, 2.75) is 25.5 Å². The highest BCUT2D eigenvalue weighted by molar-refractivity contribution is 5.77. The predicted octanol–water partition coefficient (Wildman–Crippen LogP) is 1.52. The maximum atomic E-state index is 13.6. The smallest absolute Gasteiger partial charge is 0.223 e. The molecule has 0 spiro atoms. The lowest BCUT2D eigenvalue weighted by atomic mass is 10.1. The molecule has 1 aromatic rings. The minimum absolute atomic E-state index is 0.140. The van der Waals surface area contributed by atoms with E-state index < -0.39 is 17.7 Å². The first-order chi connectivity index (χ1) is 9.56. The van der Waals surface area contributed by atoms with Crippen molar-refractivity contribution in [3.63, 3.8) is 0 Å². The number of carbonyl (C=O) groups is 1. The molecule has 0 aromatic heterocycles. The first-order valence-corrected chi connectivity index (χ1v) is 6.63. The van der Waals surface area contributed by atoms with E-state index >= 15 is 0 Å². The summed E-state index contributed by atoms with van der Waals surface area (Å²) in [6.07, 6.45) is 0.0298. The zero-order valence-corrected chi connectivity index (χ0v) is 11.3. The van der Waals surface area contributed by atoms with E-state index in [-0.39, 0.29) is 24.0 Å². The molecule has 6 heteroatoms. The lowest BCUT2D eigenvalue weighted by Gasteiger charge is -2.24. The van der Waals surface area contributed by atoms with Crippen LogP contribution < -0.4 is 10.6 Å². The Morgan fingerprint density at radius 3 is 3.05 bits per heavy atom. The minimum Gasteiger partial charge on any atom is -0.375 e. The first kappa shape index (κ1) is 14.9. The fourth-order valence-electron chi connectivity index (χ4n) is 2.18. The lowest BCUT2D eigenvalue weighted by molar-refractivity contribution is -0.125. The van der Waals surface area contributed by atoms with Crippen molar-refractivity contribution in [3.05, 3.63) is 35.4 Å². The van der Waals surface area contributed by atoms with Crippen LogP contribution in [0, 0.1) is 11.6 Å². The summed E-state index contributed by atoms with van der Waals surface area (Å²) in [6, 6.07) is 2.62. The summed E-state index contributed by atoms with van der Waals surface area (Å²) in [7, 11) is 0. The molecule has 0 aliphatic carbocycles. The van der Waals surface area contributed by atoms with Gasteiger partial charge in [-0.05, 0) is 25.1 Å². The Labute approximate surface area is 116 Å². The van der Waals surface area contributed by atoms with Crippen LogP contribution in [0.15, 0.2) is 18.2 Å². The van der Waals surface area contributed by atoms with Crippen LogP contribution in [0.5, 0.6) is 0 Å². The Balaban J connectivity index is 1.91. The number of morpholine rings is 1. The minimum atomic E-state index is -0.588. The molecule has 0 saturated carbocycles. The van der Waals surface area contributed by atoms with Crippen molar-refractivity contribution < 1.29 is 18.3 Å². The second-order valence-corrected chi connectivity index (χ2v) is 4.86. The molecule has 1 amide bonds. The van der Waals surface area contributed by atoms with Gasteiger partial charge in [-0.25, -0.2) is 8.78 Å². The van der Waals surface area contributed by atoms with E-state index in [4.69, 9.17) is 4.74 Å². The topological polar surface area (TPSA) is 50.4 Å². The summed E-state index contributed by atoms with van der Waals surface area (Å²) in [6.45, 7) is 3.60. The third-order valence-corrected chi connectivity index (χ3v) is 3.22. The molecule has 20 heavy (non-hydrogen) atoms. The summed E-state index contributed by atoms with van der Waals surface area (Å²) in [5.74, 6) is -1.30. The largest absolute Gasteiger partial charge is 0.375 e. The highest BCUT2D eigenvalue weighted by atomic mass is 19.1. The van der Waals surface area contributed by atoms with Crippen LogP contribution in [0.1, 0.15) is 24.9 Å². The van der Waals surface area contributed by atoms with Crippen molar-refractivity contribution in [2.75, 3.05) is 19.7 Å². The van der Waals surface area contributed by atoms with Crippen LogP contribution in [-0.2, 0) is 9.53 Å². The number of carbonyl (C=O) groups excluding carboxylic acids is 1. The highest BCUT2D eigenvalue weighted by Gasteiger charge is 2.20. The van der Waals surface area contributed by atoms with Gasteiger partial charge in [0.2, 0.25) is 5.91 Å². The normalized spacial score (nSPS) is 20.4. The summed E-state index contributed by atoms with van der Waals surface area (Å²) in [5.41, 5.74) is 0.140. The molecule has 1 aliphatic rings. The SMILES string of the molecule is CC(NC(=O)CC1CNCCO1)c1cc(F)ccc1F.